The van der Waals surface area contributed by atoms with Gasteiger partial charge in [-0.3, -0.25) is 4.79 Å². The first-order valence-corrected chi connectivity index (χ1v) is 13.9. The molecule has 3 aromatic rings. The van der Waals surface area contributed by atoms with Crippen LogP contribution in [0.4, 0.5) is 13.2 Å². The molecule has 1 aliphatic carbocycles. The first-order chi connectivity index (χ1) is 17.4. The molecule has 3 N–H and O–H groups in total. The number of benzene rings is 2. The number of hydrogen-bond acceptors (Lipinski definition) is 5. The summed E-state index contributed by atoms with van der Waals surface area (Å²) in [6, 6.07) is 10.5. The molecule has 1 aromatic heterocycles. The van der Waals surface area contributed by atoms with E-state index in [4.69, 9.17) is 10.7 Å². The summed E-state index contributed by atoms with van der Waals surface area (Å²) in [6.45, 7) is 1.24. The van der Waals surface area contributed by atoms with Crippen LogP contribution in [0, 0.1) is 11.8 Å². The molecule has 0 spiro atoms. The summed E-state index contributed by atoms with van der Waals surface area (Å²) in [4.78, 5) is 16.6. The monoisotopic (exact) mass is 537 g/mol. The predicted molar refractivity (Wildman–Crippen MR) is 133 cm³/mol. The van der Waals surface area contributed by atoms with Gasteiger partial charge in [0.15, 0.2) is 9.84 Å². The van der Waals surface area contributed by atoms with E-state index in [9.17, 15) is 31.5 Å². The van der Waals surface area contributed by atoms with Gasteiger partial charge in [0.1, 0.15) is 5.82 Å². The van der Waals surface area contributed by atoms with Crippen molar-refractivity contribution >= 4 is 26.8 Å². The number of carbonyl (C=O) groups excluding carboxylic acids is 1. The van der Waals surface area contributed by atoms with Gasteiger partial charge in [0.05, 0.1) is 40.2 Å². The number of hydrogen-bond donors (Lipinski definition) is 2. The molecule has 1 amide bonds. The summed E-state index contributed by atoms with van der Waals surface area (Å²) < 4.78 is 65.7. The van der Waals surface area contributed by atoms with Gasteiger partial charge in [-0.05, 0) is 67.5 Å². The Morgan fingerprint density at radius 3 is 2.32 bits per heavy atom. The SMILES string of the molecule is CCS(=O)(=O)c1ccc([C@@H](CO)n2c(CC3CCC(C(F)(F)F)CC3)nc3cc(C(N)=O)ccc32)cc1. The topological polar surface area (TPSA) is 115 Å². The molecule has 1 saturated carbocycles. The number of alkyl halides is 3. The van der Waals surface area contributed by atoms with E-state index in [1.165, 1.54) is 12.1 Å². The van der Waals surface area contributed by atoms with Crippen molar-refractivity contribution in [3.05, 3.63) is 59.4 Å². The molecule has 0 bridgehead atoms. The average molecular weight is 538 g/mol. The van der Waals surface area contributed by atoms with Crippen molar-refractivity contribution in [1.29, 1.82) is 0 Å². The Morgan fingerprint density at radius 2 is 1.78 bits per heavy atom. The number of imidazole rings is 1. The molecule has 1 fully saturated rings. The maximum Gasteiger partial charge on any atom is 0.391 e. The molecule has 0 unspecified atom stereocenters. The molecule has 2 aromatic carbocycles. The number of nitrogens with zero attached hydrogens (tertiary/aromatic N) is 2. The molecule has 0 radical (unpaired) electrons. The number of sulfone groups is 1. The zero-order chi connectivity index (χ0) is 27.0. The van der Waals surface area contributed by atoms with Crippen LogP contribution < -0.4 is 5.73 Å². The molecule has 200 valence electrons. The second-order valence-electron chi connectivity index (χ2n) is 9.60. The number of rotatable bonds is 8. The Labute approximate surface area is 213 Å². The van der Waals surface area contributed by atoms with Crippen molar-refractivity contribution in [3.8, 4) is 0 Å². The quantitative estimate of drug-likeness (QED) is 0.441. The Balaban J connectivity index is 1.72. The van der Waals surface area contributed by atoms with E-state index >= 15 is 0 Å². The van der Waals surface area contributed by atoms with Gasteiger partial charge >= 0.3 is 6.18 Å². The molecule has 0 aliphatic heterocycles. The molecular formula is C26H30F3N3O4S. The van der Waals surface area contributed by atoms with E-state index in [0.29, 0.717) is 41.7 Å². The second kappa shape index (κ2) is 10.4. The second-order valence-corrected chi connectivity index (χ2v) is 11.9. The van der Waals surface area contributed by atoms with Gasteiger partial charge in [-0.1, -0.05) is 19.1 Å². The van der Waals surface area contributed by atoms with Crippen LogP contribution in [0.3, 0.4) is 0 Å². The zero-order valence-corrected chi connectivity index (χ0v) is 21.2. The van der Waals surface area contributed by atoms with Crippen molar-refractivity contribution in [1.82, 2.24) is 9.55 Å². The van der Waals surface area contributed by atoms with Crippen molar-refractivity contribution in [2.24, 2.45) is 17.6 Å². The third-order valence-electron chi connectivity index (χ3n) is 7.32. The van der Waals surface area contributed by atoms with Gasteiger partial charge in [0, 0.05) is 12.0 Å². The fourth-order valence-electron chi connectivity index (χ4n) is 5.15. The number of aliphatic hydroxyl groups excluding tert-OH is 1. The van der Waals surface area contributed by atoms with Gasteiger partial charge in [0.25, 0.3) is 0 Å². The summed E-state index contributed by atoms with van der Waals surface area (Å²) >= 11 is 0. The normalized spacial score (nSPS) is 19.7. The number of aromatic nitrogens is 2. The molecule has 7 nitrogen and oxygen atoms in total. The highest BCUT2D eigenvalue weighted by atomic mass is 32.2. The van der Waals surface area contributed by atoms with E-state index in [1.807, 2.05) is 4.57 Å². The van der Waals surface area contributed by atoms with Gasteiger partial charge in [0.2, 0.25) is 5.91 Å². The molecule has 0 saturated heterocycles. The van der Waals surface area contributed by atoms with E-state index in [-0.39, 0.29) is 41.6 Å². The summed E-state index contributed by atoms with van der Waals surface area (Å²) in [7, 11) is -3.40. The maximum absolute atomic E-state index is 13.1. The maximum atomic E-state index is 13.1. The van der Waals surface area contributed by atoms with Crippen LogP contribution >= 0.6 is 0 Å². The summed E-state index contributed by atoms with van der Waals surface area (Å²) in [5.74, 6) is -1.37. The molecule has 1 atom stereocenters. The van der Waals surface area contributed by atoms with Crippen LogP contribution in [0.1, 0.15) is 60.4 Å². The lowest BCUT2D eigenvalue weighted by molar-refractivity contribution is -0.183. The van der Waals surface area contributed by atoms with E-state index in [2.05, 4.69) is 0 Å². The number of primary amides is 1. The van der Waals surface area contributed by atoms with E-state index in [1.54, 1.807) is 37.3 Å². The van der Waals surface area contributed by atoms with Crippen LogP contribution in [0.25, 0.3) is 11.0 Å². The lowest BCUT2D eigenvalue weighted by Gasteiger charge is -2.30. The number of carbonyl (C=O) groups is 1. The standard InChI is InChI=1S/C26H30F3N3O4S/c1-2-37(35,36)20-10-5-17(6-11-20)23(15-33)32-22-12-7-18(25(30)34)14-21(22)31-24(32)13-16-3-8-19(9-4-16)26(27,28)29/h5-7,10-12,14,16,19,23,33H,2-4,8-9,13,15H2,1H3,(H2,30,34)/t16?,19?,23-/m1/s1. The van der Waals surface area contributed by atoms with Gasteiger partial charge in [-0.25, -0.2) is 13.4 Å². The van der Waals surface area contributed by atoms with Crippen molar-refractivity contribution in [2.45, 2.75) is 56.1 Å². The van der Waals surface area contributed by atoms with Gasteiger partial charge < -0.3 is 15.4 Å². The molecule has 1 aliphatic rings. The Morgan fingerprint density at radius 1 is 1.14 bits per heavy atom. The summed E-state index contributed by atoms with van der Waals surface area (Å²) in [5, 5.41) is 10.4. The van der Waals surface area contributed by atoms with Crippen molar-refractivity contribution in [2.75, 3.05) is 12.4 Å². The van der Waals surface area contributed by atoms with Crippen LogP contribution in [0.15, 0.2) is 47.4 Å². The van der Waals surface area contributed by atoms with E-state index < -0.39 is 33.9 Å². The lowest BCUT2D eigenvalue weighted by Crippen LogP contribution is -2.29. The van der Waals surface area contributed by atoms with Crippen LogP contribution in [-0.2, 0) is 16.3 Å². The molecule has 4 rings (SSSR count). The molecular weight excluding hydrogens is 507 g/mol. The fraction of sp³-hybridized carbons (Fsp3) is 0.462. The Hall–Kier alpha value is -2.92. The van der Waals surface area contributed by atoms with E-state index in [0.717, 1.165) is 0 Å². The van der Waals surface area contributed by atoms with Crippen molar-refractivity contribution < 1.29 is 31.5 Å². The minimum atomic E-state index is -4.19. The third-order valence-corrected chi connectivity index (χ3v) is 9.07. The number of aliphatic hydroxyl groups is 1. The highest BCUT2D eigenvalue weighted by molar-refractivity contribution is 7.91. The minimum Gasteiger partial charge on any atom is -0.394 e. The first-order valence-electron chi connectivity index (χ1n) is 12.3. The Kier molecular flexibility index (Phi) is 7.66. The molecule has 37 heavy (non-hydrogen) atoms. The summed E-state index contributed by atoms with van der Waals surface area (Å²) in [5.41, 5.74) is 7.47. The van der Waals surface area contributed by atoms with Crippen LogP contribution in [-0.4, -0.2) is 47.5 Å². The minimum absolute atomic E-state index is 0.0128. The lowest BCUT2D eigenvalue weighted by atomic mass is 9.80. The van der Waals surface area contributed by atoms with Gasteiger partial charge in [-0.2, -0.15) is 13.2 Å². The fourth-order valence-corrected chi connectivity index (χ4v) is 6.03. The number of nitrogens with two attached hydrogens (primary N) is 1. The Bertz CT molecular complexity index is 1380. The summed E-state index contributed by atoms with van der Waals surface area (Å²) in [6.07, 6.45) is -2.83. The van der Waals surface area contributed by atoms with Crippen LogP contribution in [0.5, 0.6) is 0 Å². The van der Waals surface area contributed by atoms with Gasteiger partial charge in [-0.15, -0.1) is 0 Å². The third kappa shape index (κ3) is 5.67. The highest BCUT2D eigenvalue weighted by Gasteiger charge is 2.41. The predicted octanol–water partition coefficient (Wildman–Crippen LogP) is 4.42. The number of amides is 1. The smallest absolute Gasteiger partial charge is 0.391 e. The largest absolute Gasteiger partial charge is 0.394 e. The zero-order valence-electron chi connectivity index (χ0n) is 20.4. The average Bonchev–Trinajstić information content (AvgIpc) is 3.21. The van der Waals surface area contributed by atoms with Crippen LogP contribution in [0.2, 0.25) is 0 Å². The molecule has 1 heterocycles. The first kappa shape index (κ1) is 27.1. The molecule has 11 heteroatoms. The van der Waals surface area contributed by atoms with Crippen molar-refractivity contribution in [3.63, 3.8) is 0 Å². The number of halogens is 3. The highest BCUT2D eigenvalue weighted by Crippen LogP contribution is 2.41. The number of fused-ring (bicyclic) bond motifs is 1.